The van der Waals surface area contributed by atoms with Crippen molar-refractivity contribution in [3.05, 3.63) is 46.0 Å². The number of hydrogen-bond acceptors (Lipinski definition) is 9. The largest absolute Gasteiger partial charge is 3.00 e. The Bertz CT molecular complexity index is 115. The maximum Gasteiger partial charge on any atom is 3.00 e. The van der Waals surface area contributed by atoms with Crippen molar-refractivity contribution in [3.63, 3.8) is 0 Å². The second kappa shape index (κ2) is 74.3. The molecule has 0 aliphatic heterocycles. The van der Waals surface area contributed by atoms with Crippen LogP contribution < -0.4 is 0 Å². The Balaban J connectivity index is -0.00000000675. The van der Waals surface area contributed by atoms with Crippen LogP contribution in [0, 0.1) is 46.0 Å². The molecule has 0 heterocycles. The fourth-order valence-corrected chi connectivity index (χ4v) is 0. The minimum Gasteiger partial charge on any atom is -0.457 e. The molecule has 19 heteroatoms. The third-order valence-electron chi connectivity index (χ3n) is 0. The van der Waals surface area contributed by atoms with Gasteiger partial charge in [-0.25, -0.2) is 0 Å². The monoisotopic (exact) mass is 356 g/mol. The van der Waals surface area contributed by atoms with E-state index in [4.69, 9.17) is 46.0 Å². The molecule has 0 amide bonds. The number of nitrogens with zero attached hydrogens (tertiary/aromatic N) is 3. The van der Waals surface area contributed by atoms with Crippen LogP contribution >= 0.6 is 0 Å². The molecule has 0 aromatic rings. The van der Waals surface area contributed by atoms with E-state index in [-0.39, 0.29) is 49.9 Å². The quantitative estimate of drug-likeness (QED) is 0.172. The Morgan fingerprint density at radius 1 is 0.421 bits per heavy atom. The van der Waals surface area contributed by atoms with E-state index in [0.717, 1.165) is 0 Å². The molecular weight excluding hydrogens is 338 g/mol. The molecule has 0 aromatic heterocycles. The zero-order valence-corrected chi connectivity index (χ0v) is 9.94. The molecule has 0 atom stereocenters. The summed E-state index contributed by atoms with van der Waals surface area (Å²) in [6, 6.07) is 0. The molecule has 0 aliphatic carbocycles. The van der Waals surface area contributed by atoms with E-state index in [9.17, 15) is 0 Å². The third kappa shape index (κ3) is 680. The van der Waals surface area contributed by atoms with Crippen LogP contribution in [0.5, 0.6) is 0 Å². The van der Waals surface area contributed by atoms with Crippen LogP contribution in [0.2, 0.25) is 0 Å². The molecule has 18 N–H and O–H groups in total. The molecule has 0 saturated heterocycles. The second-order valence-electron chi connectivity index (χ2n) is 0.671. The van der Waals surface area contributed by atoms with Crippen molar-refractivity contribution in [2.45, 2.75) is 0 Å². The fraction of sp³-hybridized carbons (Fsp3) is 0. The summed E-state index contributed by atoms with van der Waals surface area (Å²) in [6.07, 6.45) is 0. The molecule has 0 rings (SSSR count). The van der Waals surface area contributed by atoms with Gasteiger partial charge in [0.25, 0.3) is 0 Å². The molecule has 0 fully saturated rings. The van der Waals surface area contributed by atoms with Crippen molar-refractivity contribution in [1.82, 2.24) is 0 Å². The second-order valence-corrected chi connectivity index (χ2v) is 0.671. The normalized spacial score (nSPS) is 3.79. The summed E-state index contributed by atoms with van der Waals surface area (Å²) in [5.74, 6) is 0. The van der Waals surface area contributed by atoms with Crippen molar-refractivity contribution in [3.8, 4) is 0 Å². The van der Waals surface area contributed by atoms with Gasteiger partial charge in [0.2, 0.25) is 0 Å². The van der Waals surface area contributed by atoms with Crippen LogP contribution in [0.1, 0.15) is 0 Å². The molecule has 0 saturated carbocycles. The third-order valence-corrected chi connectivity index (χ3v) is 0. The van der Waals surface area contributed by atoms with Gasteiger partial charge in [0.1, 0.15) is 0 Å². The summed E-state index contributed by atoms with van der Waals surface area (Å²) < 4.78 is 0. The summed E-state index contributed by atoms with van der Waals surface area (Å²) in [5, 5.41) is 44.2. The van der Waals surface area contributed by atoms with Crippen LogP contribution in [0.3, 0.4) is 0 Å². The Morgan fingerprint density at radius 3 is 0.421 bits per heavy atom. The van der Waals surface area contributed by atoms with Crippen LogP contribution in [0.15, 0.2) is 0 Å². The van der Waals surface area contributed by atoms with Crippen molar-refractivity contribution in [1.29, 1.82) is 0 Å². The first-order valence-corrected chi connectivity index (χ1v) is 1.64. The predicted molar refractivity (Wildman–Crippen MR) is 60.3 cm³/mol. The fourth-order valence-electron chi connectivity index (χ4n) is 0. The van der Waals surface area contributed by atoms with Crippen molar-refractivity contribution in [2.75, 3.05) is 0 Å². The van der Waals surface area contributed by atoms with E-state index >= 15 is 0 Å². The maximum atomic E-state index is 8.25. The van der Waals surface area contributed by atoms with Gasteiger partial charge in [-0.1, -0.05) is 0 Å². The molecule has 0 aromatic carbocycles. The van der Waals surface area contributed by atoms with Crippen molar-refractivity contribution >= 4 is 0 Å². The minimum atomic E-state index is -1.75. The SMILES string of the molecule is O=[N+]([O-])[O-].O=[N+]([O-])[O-].O=[N+]([O-])[O-].[Fe+3].[OH3+].[OH3+].[OH3+].[OH3+].[OH3+].[OH3+]. The van der Waals surface area contributed by atoms with Crippen LogP contribution in [-0.2, 0) is 49.9 Å². The zero-order chi connectivity index (χ0) is 10.7. The van der Waals surface area contributed by atoms with Gasteiger partial charge in [-0.05, 0) is 0 Å². The Labute approximate surface area is 112 Å². The number of hydrogen-bond donors (Lipinski definition) is 0. The van der Waals surface area contributed by atoms with Gasteiger partial charge >= 0.3 is 17.1 Å². The first kappa shape index (κ1) is 89.9. The standard InChI is InChI=1S/Fe.3NO3.6H2O/c;3*2-1(3)4;;;;;;/h;;;;6*1H2/q+3;3*-1;;;;;;/p+6. The summed E-state index contributed by atoms with van der Waals surface area (Å²) in [5.41, 5.74) is 0. The van der Waals surface area contributed by atoms with Crippen LogP contribution in [0.4, 0.5) is 0 Å². The van der Waals surface area contributed by atoms with Crippen LogP contribution in [-0.4, -0.2) is 15.3 Å². The minimum absolute atomic E-state index is 0. The molecule has 0 aliphatic rings. The number of rotatable bonds is 0. The van der Waals surface area contributed by atoms with Gasteiger partial charge in [-0.3, -0.25) is 0 Å². The molecule has 19 heavy (non-hydrogen) atoms. The molecule has 125 valence electrons. The summed E-state index contributed by atoms with van der Waals surface area (Å²) in [6.45, 7) is 0. The van der Waals surface area contributed by atoms with E-state index in [0.29, 0.717) is 0 Å². The van der Waals surface area contributed by atoms with Gasteiger partial charge in [0.15, 0.2) is 0 Å². The van der Waals surface area contributed by atoms with Crippen molar-refractivity contribution in [2.24, 2.45) is 0 Å². The zero-order valence-electron chi connectivity index (χ0n) is 8.83. The van der Waals surface area contributed by atoms with Gasteiger partial charge in [-0.2, -0.15) is 0 Å². The van der Waals surface area contributed by atoms with E-state index in [1.807, 2.05) is 0 Å². The molecule has 0 unspecified atom stereocenters. The predicted octanol–water partition coefficient (Wildman–Crippen LogP) is -6.25. The van der Waals surface area contributed by atoms with E-state index in [1.54, 1.807) is 0 Å². The average Bonchev–Trinajstić information content (AvgIpc) is 1.54. The van der Waals surface area contributed by atoms with Crippen LogP contribution in [0.25, 0.3) is 0 Å². The maximum absolute atomic E-state index is 8.25. The smallest absolute Gasteiger partial charge is 0.457 e. The molecular formula is H18FeN3O15+6. The first-order valence-electron chi connectivity index (χ1n) is 1.64. The Morgan fingerprint density at radius 2 is 0.421 bits per heavy atom. The van der Waals surface area contributed by atoms with E-state index in [2.05, 4.69) is 0 Å². The Hall–Kier alpha value is -2.12. The average molecular weight is 356 g/mol. The summed E-state index contributed by atoms with van der Waals surface area (Å²) in [7, 11) is 0. The van der Waals surface area contributed by atoms with Gasteiger partial charge < -0.3 is 78.8 Å². The molecule has 0 bridgehead atoms. The van der Waals surface area contributed by atoms with E-state index < -0.39 is 15.3 Å². The summed E-state index contributed by atoms with van der Waals surface area (Å²) >= 11 is 0. The topological polar surface area (TPSA) is 397 Å². The molecule has 18 nitrogen and oxygen atoms in total. The first-order chi connectivity index (χ1) is 5.20. The van der Waals surface area contributed by atoms with Crippen molar-refractivity contribution < 1.29 is 65.2 Å². The molecule has 0 spiro atoms. The summed E-state index contributed by atoms with van der Waals surface area (Å²) in [4.78, 5) is 24.8. The van der Waals surface area contributed by atoms with Gasteiger partial charge in [-0.15, -0.1) is 0 Å². The Kier molecular flexibility index (Phi) is 352. The van der Waals surface area contributed by atoms with Gasteiger partial charge in [0.05, 0.1) is 15.3 Å². The van der Waals surface area contributed by atoms with Gasteiger partial charge in [0, 0.05) is 0 Å². The molecule has 1 radical (unpaired) electrons. The van der Waals surface area contributed by atoms with E-state index in [1.165, 1.54) is 0 Å².